The Kier molecular flexibility index (Phi) is 8.44. The van der Waals surface area contributed by atoms with E-state index in [1.54, 1.807) is 0 Å². The van der Waals surface area contributed by atoms with Gasteiger partial charge in [0.15, 0.2) is 0 Å². The topological polar surface area (TPSA) is 66.8 Å². The van der Waals surface area contributed by atoms with Crippen LogP contribution in [0.3, 0.4) is 0 Å². The van der Waals surface area contributed by atoms with Crippen molar-refractivity contribution in [1.29, 1.82) is 0 Å². The molecule has 2 aromatic rings. The molecule has 1 aliphatic carbocycles. The molecule has 0 heterocycles. The molecule has 2 aromatic carbocycles. The Morgan fingerprint density at radius 1 is 1.10 bits per heavy atom. The molecule has 3 rings (SSSR count). The number of para-hydroxylation sites is 1. The van der Waals surface area contributed by atoms with Crippen molar-refractivity contribution in [2.24, 2.45) is 0 Å². The molecule has 0 aliphatic heterocycles. The average molecular weight is 415 g/mol. The molecular formula is C24H30O4S. The second-order valence-corrected chi connectivity index (χ2v) is 8.82. The second-order valence-electron chi connectivity index (χ2n) is 7.67. The number of carbonyl (C=O) groups is 1. The van der Waals surface area contributed by atoms with E-state index in [9.17, 15) is 9.90 Å². The van der Waals surface area contributed by atoms with E-state index < -0.39 is 12.1 Å². The summed E-state index contributed by atoms with van der Waals surface area (Å²) >= 11 is 1.48. The van der Waals surface area contributed by atoms with Crippen LogP contribution in [0, 0.1) is 0 Å². The standard InChI is InChI=1S/C24H30O4S/c25-21(17-29-14-13-23(26)27)15-20-11-6-12-22(19-9-4-5-10-19)24(20)28-16-18-7-2-1-3-8-18/h1-3,6-8,11-12,19,21,25H,4-5,9-10,13-17H2,(H,26,27)/t21-/m0/s1. The van der Waals surface area contributed by atoms with Crippen molar-refractivity contribution in [3.05, 3.63) is 65.2 Å². The van der Waals surface area contributed by atoms with Crippen LogP contribution in [0.4, 0.5) is 0 Å². The smallest absolute Gasteiger partial charge is 0.304 e. The summed E-state index contributed by atoms with van der Waals surface area (Å²) in [5.41, 5.74) is 3.43. The molecule has 156 valence electrons. The third kappa shape index (κ3) is 6.79. The Morgan fingerprint density at radius 2 is 1.86 bits per heavy atom. The van der Waals surface area contributed by atoms with Crippen molar-refractivity contribution in [3.63, 3.8) is 0 Å². The van der Waals surface area contributed by atoms with Gasteiger partial charge in [-0.3, -0.25) is 4.79 Å². The van der Waals surface area contributed by atoms with Crippen LogP contribution in [0.5, 0.6) is 5.75 Å². The molecule has 0 radical (unpaired) electrons. The van der Waals surface area contributed by atoms with Gasteiger partial charge in [0.25, 0.3) is 0 Å². The summed E-state index contributed by atoms with van der Waals surface area (Å²) in [5.74, 6) is 1.71. The first-order chi connectivity index (χ1) is 14.1. The van der Waals surface area contributed by atoms with E-state index in [2.05, 4.69) is 24.3 Å². The molecule has 29 heavy (non-hydrogen) atoms. The van der Waals surface area contributed by atoms with E-state index in [-0.39, 0.29) is 6.42 Å². The van der Waals surface area contributed by atoms with Gasteiger partial charge in [-0.2, -0.15) is 11.8 Å². The molecule has 1 aliphatic rings. The number of thioether (sulfide) groups is 1. The highest BCUT2D eigenvalue weighted by Crippen LogP contribution is 2.40. The number of ether oxygens (including phenoxy) is 1. The summed E-state index contributed by atoms with van der Waals surface area (Å²) in [6, 6.07) is 16.4. The molecule has 1 fully saturated rings. The van der Waals surface area contributed by atoms with Crippen LogP contribution in [0.15, 0.2) is 48.5 Å². The predicted octanol–water partition coefficient (Wildman–Crippen LogP) is 5.03. The van der Waals surface area contributed by atoms with Crippen molar-refractivity contribution in [3.8, 4) is 5.75 Å². The van der Waals surface area contributed by atoms with Crippen molar-refractivity contribution < 1.29 is 19.7 Å². The van der Waals surface area contributed by atoms with Crippen LogP contribution in [0.1, 0.15) is 54.7 Å². The minimum Gasteiger partial charge on any atom is -0.488 e. The van der Waals surface area contributed by atoms with Crippen LogP contribution in [0.25, 0.3) is 0 Å². The first kappa shape index (κ1) is 21.7. The van der Waals surface area contributed by atoms with Gasteiger partial charge in [0.2, 0.25) is 0 Å². The van der Waals surface area contributed by atoms with E-state index in [0.717, 1.165) is 16.9 Å². The summed E-state index contributed by atoms with van der Waals surface area (Å²) in [4.78, 5) is 10.6. The highest BCUT2D eigenvalue weighted by molar-refractivity contribution is 7.99. The normalized spacial score (nSPS) is 15.3. The number of aliphatic carboxylic acids is 1. The molecule has 5 heteroatoms. The number of aliphatic hydroxyl groups is 1. The lowest BCUT2D eigenvalue weighted by molar-refractivity contribution is -0.136. The fourth-order valence-corrected chi connectivity index (χ4v) is 4.80. The van der Waals surface area contributed by atoms with Gasteiger partial charge in [-0.25, -0.2) is 0 Å². The zero-order valence-electron chi connectivity index (χ0n) is 16.8. The fourth-order valence-electron chi connectivity index (χ4n) is 3.92. The first-order valence-corrected chi connectivity index (χ1v) is 11.5. The largest absolute Gasteiger partial charge is 0.488 e. The van der Waals surface area contributed by atoms with Crippen molar-refractivity contribution in [2.75, 3.05) is 11.5 Å². The van der Waals surface area contributed by atoms with Crippen molar-refractivity contribution in [1.82, 2.24) is 0 Å². The lowest BCUT2D eigenvalue weighted by Crippen LogP contribution is -2.16. The summed E-state index contributed by atoms with van der Waals surface area (Å²) in [5, 5.41) is 19.3. The Labute approximate surface area is 177 Å². The van der Waals surface area contributed by atoms with Gasteiger partial charge in [0.1, 0.15) is 12.4 Å². The second kappa shape index (κ2) is 11.3. The van der Waals surface area contributed by atoms with Gasteiger partial charge in [0.05, 0.1) is 12.5 Å². The van der Waals surface area contributed by atoms with Crippen LogP contribution in [-0.2, 0) is 17.8 Å². The lowest BCUT2D eigenvalue weighted by Gasteiger charge is -2.21. The molecule has 0 aromatic heterocycles. The van der Waals surface area contributed by atoms with Crippen LogP contribution < -0.4 is 4.74 Å². The number of benzene rings is 2. The van der Waals surface area contributed by atoms with Gasteiger partial charge in [-0.15, -0.1) is 0 Å². The molecule has 0 unspecified atom stereocenters. The van der Waals surface area contributed by atoms with Crippen LogP contribution in [-0.4, -0.2) is 33.8 Å². The molecule has 2 N–H and O–H groups in total. The molecule has 0 bridgehead atoms. The molecular weight excluding hydrogens is 384 g/mol. The zero-order valence-corrected chi connectivity index (χ0v) is 17.6. The third-order valence-corrected chi connectivity index (χ3v) is 6.49. The van der Waals surface area contributed by atoms with Gasteiger partial charge in [-0.1, -0.05) is 61.4 Å². The minimum absolute atomic E-state index is 0.125. The van der Waals surface area contributed by atoms with E-state index in [1.807, 2.05) is 24.3 Å². The van der Waals surface area contributed by atoms with Crippen molar-refractivity contribution in [2.45, 2.75) is 57.2 Å². The molecule has 4 nitrogen and oxygen atoms in total. The number of carboxylic acids is 1. The van der Waals surface area contributed by atoms with E-state index in [1.165, 1.54) is 43.0 Å². The highest BCUT2D eigenvalue weighted by atomic mass is 32.2. The molecule has 1 atom stereocenters. The van der Waals surface area contributed by atoms with Gasteiger partial charge < -0.3 is 14.9 Å². The lowest BCUT2D eigenvalue weighted by atomic mass is 9.93. The van der Waals surface area contributed by atoms with Gasteiger partial charge in [0, 0.05) is 17.9 Å². The summed E-state index contributed by atoms with van der Waals surface area (Å²) in [7, 11) is 0. The quantitative estimate of drug-likeness (QED) is 0.505. The number of carboxylic acid groups (broad SMARTS) is 1. The van der Waals surface area contributed by atoms with E-state index in [4.69, 9.17) is 9.84 Å². The maximum atomic E-state index is 10.6. The van der Waals surface area contributed by atoms with E-state index >= 15 is 0 Å². The third-order valence-electron chi connectivity index (χ3n) is 5.37. The molecule has 0 amide bonds. The van der Waals surface area contributed by atoms with Crippen molar-refractivity contribution >= 4 is 17.7 Å². The predicted molar refractivity (Wildman–Crippen MR) is 118 cm³/mol. The Morgan fingerprint density at radius 3 is 2.59 bits per heavy atom. The van der Waals surface area contributed by atoms with Gasteiger partial charge >= 0.3 is 5.97 Å². The number of hydrogen-bond acceptors (Lipinski definition) is 4. The van der Waals surface area contributed by atoms with Crippen LogP contribution >= 0.6 is 11.8 Å². The number of aliphatic hydroxyl groups excluding tert-OH is 1. The average Bonchev–Trinajstić information content (AvgIpc) is 3.25. The highest BCUT2D eigenvalue weighted by Gasteiger charge is 2.23. The van der Waals surface area contributed by atoms with E-state index in [0.29, 0.717) is 30.5 Å². The zero-order chi connectivity index (χ0) is 20.5. The fraction of sp³-hybridized carbons (Fsp3) is 0.458. The number of rotatable bonds is 11. The molecule has 1 saturated carbocycles. The Bertz CT molecular complexity index is 772. The summed E-state index contributed by atoms with van der Waals surface area (Å²) < 4.78 is 6.33. The summed E-state index contributed by atoms with van der Waals surface area (Å²) in [6.45, 7) is 0.515. The maximum Gasteiger partial charge on any atom is 0.304 e. The maximum absolute atomic E-state index is 10.6. The van der Waals surface area contributed by atoms with Gasteiger partial charge in [-0.05, 0) is 35.4 Å². The first-order valence-electron chi connectivity index (χ1n) is 10.4. The Balaban J connectivity index is 1.70. The summed E-state index contributed by atoms with van der Waals surface area (Å²) in [6.07, 6.45) is 5.03. The SMILES string of the molecule is O=C(O)CCSC[C@@H](O)Cc1cccc(C2CCCC2)c1OCc1ccccc1. The molecule has 0 saturated heterocycles. The Hall–Kier alpha value is -1.98. The number of hydrogen-bond donors (Lipinski definition) is 2. The monoisotopic (exact) mass is 414 g/mol. The minimum atomic E-state index is -0.798. The van der Waals surface area contributed by atoms with Crippen LogP contribution in [0.2, 0.25) is 0 Å². The molecule has 0 spiro atoms.